The number of β-lactam (4-membered cyclic amide) rings is 1. The molecule has 1 saturated heterocycles. The molecule has 0 radical (unpaired) electrons. The van der Waals surface area contributed by atoms with Crippen LogP contribution in [0.4, 0.5) is 5.13 Å². The minimum Gasteiger partial charge on any atom is -0.477 e. The molecule has 3 rings (SSSR count). The third-order valence-electron chi connectivity index (χ3n) is 6.34. The number of hydrogen-bond acceptors (Lipinski definition) is 10. The molecule has 2 unspecified atom stereocenters. The smallest absolute Gasteiger partial charge is 0.352 e. The van der Waals surface area contributed by atoms with Gasteiger partial charge in [-0.3, -0.25) is 19.3 Å². The number of nitrogens with two attached hydrogens (primary N) is 2. The number of carbonyl (C=O) groups excluding carboxylic acids is 3. The summed E-state index contributed by atoms with van der Waals surface area (Å²) in [4.78, 5) is 59.4. The first-order chi connectivity index (χ1) is 17.6. The SMILES string of the molecule is CC[N+](CC)(C/C=C/C(N)=O)CC1=C(C(=O)O)N2C(=O)C(NC(=O)/C(=N\OC)c3csc(N)n3)C2SC1. The van der Waals surface area contributed by atoms with Crippen LogP contribution in [0.25, 0.3) is 0 Å². The molecule has 0 aromatic carbocycles. The van der Waals surface area contributed by atoms with E-state index in [-0.39, 0.29) is 22.2 Å². The molecule has 2 aliphatic heterocycles. The number of anilines is 1. The zero-order valence-electron chi connectivity index (χ0n) is 20.7. The number of quaternary nitrogens is 1. The number of carboxylic acid groups (broad SMARTS) is 1. The van der Waals surface area contributed by atoms with Gasteiger partial charge in [0.15, 0.2) is 10.8 Å². The summed E-state index contributed by atoms with van der Waals surface area (Å²) >= 11 is 2.50. The van der Waals surface area contributed by atoms with E-state index in [0.717, 1.165) is 11.3 Å². The van der Waals surface area contributed by atoms with Gasteiger partial charge in [-0.1, -0.05) is 5.16 Å². The number of aliphatic carboxylic acids is 1. The molecule has 2 aliphatic rings. The van der Waals surface area contributed by atoms with E-state index in [2.05, 4.69) is 15.5 Å². The van der Waals surface area contributed by atoms with Gasteiger partial charge >= 0.3 is 5.97 Å². The van der Waals surface area contributed by atoms with Crippen LogP contribution in [-0.2, 0) is 24.0 Å². The van der Waals surface area contributed by atoms with E-state index in [1.807, 2.05) is 13.8 Å². The topological polar surface area (TPSA) is 190 Å². The molecule has 15 heteroatoms. The Labute approximate surface area is 221 Å². The Morgan fingerprint density at radius 2 is 2.08 bits per heavy atom. The molecule has 3 heterocycles. The fourth-order valence-electron chi connectivity index (χ4n) is 4.27. The van der Waals surface area contributed by atoms with Crippen molar-refractivity contribution in [3.8, 4) is 0 Å². The fraction of sp³-hybridized carbons (Fsp3) is 0.455. The summed E-state index contributed by atoms with van der Waals surface area (Å²) in [6, 6.07) is -0.943. The van der Waals surface area contributed by atoms with Gasteiger partial charge in [0, 0.05) is 22.8 Å². The van der Waals surface area contributed by atoms with Crippen LogP contribution in [-0.4, -0.2) is 99.3 Å². The van der Waals surface area contributed by atoms with Crippen LogP contribution in [0.15, 0.2) is 34.0 Å². The van der Waals surface area contributed by atoms with Crippen LogP contribution in [0.1, 0.15) is 19.5 Å². The number of oxime groups is 1. The molecule has 0 aliphatic carbocycles. The normalized spacial score (nSPS) is 20.0. The van der Waals surface area contributed by atoms with E-state index in [4.69, 9.17) is 16.3 Å². The summed E-state index contributed by atoms with van der Waals surface area (Å²) < 4.78 is 0.483. The number of likely N-dealkylation sites (N-methyl/N-ethyl adjacent to an activating group) is 1. The first kappa shape index (κ1) is 28.1. The maximum Gasteiger partial charge on any atom is 0.352 e. The average molecular weight is 553 g/mol. The van der Waals surface area contributed by atoms with Crippen molar-refractivity contribution in [3.05, 3.63) is 34.5 Å². The van der Waals surface area contributed by atoms with Crippen molar-refractivity contribution in [2.45, 2.75) is 25.3 Å². The van der Waals surface area contributed by atoms with Gasteiger partial charge in [0.2, 0.25) is 5.91 Å². The summed E-state index contributed by atoms with van der Waals surface area (Å²) in [6.07, 6.45) is 2.98. The molecular weight excluding hydrogens is 522 g/mol. The van der Waals surface area contributed by atoms with Gasteiger partial charge in [0.05, 0.1) is 19.6 Å². The van der Waals surface area contributed by atoms with E-state index in [0.29, 0.717) is 42.0 Å². The number of amides is 3. The summed E-state index contributed by atoms with van der Waals surface area (Å²) in [5.74, 6) is -2.62. The molecule has 0 spiro atoms. The first-order valence-electron chi connectivity index (χ1n) is 11.4. The van der Waals surface area contributed by atoms with Crippen molar-refractivity contribution in [3.63, 3.8) is 0 Å². The number of hydrogen-bond donors (Lipinski definition) is 4. The van der Waals surface area contributed by atoms with E-state index < -0.39 is 35.1 Å². The molecule has 37 heavy (non-hydrogen) atoms. The molecule has 3 amide bonds. The molecular formula is C22H30N7O6S2+. The summed E-state index contributed by atoms with van der Waals surface area (Å²) in [6.45, 7) is 6.19. The maximum absolute atomic E-state index is 13.1. The number of nitrogen functional groups attached to an aromatic ring is 1. The Morgan fingerprint density at radius 3 is 2.62 bits per heavy atom. The summed E-state index contributed by atoms with van der Waals surface area (Å²) in [7, 11) is 1.27. The molecule has 0 saturated carbocycles. The number of fused-ring (bicyclic) bond motifs is 1. The molecule has 1 aromatic heterocycles. The zero-order chi connectivity index (χ0) is 27.3. The number of carboxylic acids is 1. The number of nitrogens with zero attached hydrogens (tertiary/aromatic N) is 4. The molecule has 0 bridgehead atoms. The van der Waals surface area contributed by atoms with Crippen molar-refractivity contribution in [2.24, 2.45) is 10.9 Å². The average Bonchev–Trinajstić information content (AvgIpc) is 3.29. The van der Waals surface area contributed by atoms with Crippen molar-refractivity contribution in [2.75, 3.05) is 44.8 Å². The Bertz CT molecular complexity index is 1170. The van der Waals surface area contributed by atoms with Crippen LogP contribution in [0.3, 0.4) is 0 Å². The second-order valence-corrected chi connectivity index (χ2v) is 10.4. The van der Waals surface area contributed by atoms with Gasteiger partial charge in [-0.2, -0.15) is 0 Å². The number of thioether (sulfide) groups is 1. The van der Waals surface area contributed by atoms with Crippen LogP contribution < -0.4 is 16.8 Å². The van der Waals surface area contributed by atoms with Crippen LogP contribution >= 0.6 is 23.1 Å². The van der Waals surface area contributed by atoms with E-state index in [1.165, 1.54) is 29.8 Å². The molecule has 1 aromatic rings. The number of thiazole rings is 1. The molecule has 200 valence electrons. The third-order valence-corrected chi connectivity index (χ3v) is 8.35. The van der Waals surface area contributed by atoms with E-state index >= 15 is 0 Å². The van der Waals surface area contributed by atoms with Gasteiger partial charge in [-0.05, 0) is 19.9 Å². The predicted molar refractivity (Wildman–Crippen MR) is 139 cm³/mol. The Morgan fingerprint density at radius 1 is 1.38 bits per heavy atom. The lowest BCUT2D eigenvalue weighted by molar-refractivity contribution is -0.915. The van der Waals surface area contributed by atoms with Crippen LogP contribution in [0.5, 0.6) is 0 Å². The third kappa shape index (κ3) is 5.94. The Hall–Kier alpha value is -3.43. The summed E-state index contributed by atoms with van der Waals surface area (Å²) in [5.41, 5.74) is 11.5. The standard InChI is InChI=1S/C22H29N7O6S2/c1-4-29(5-2,8-6-7-14(23)30)9-12-10-36-20-16(19(32)28(20)17(12)21(33)34)26-18(31)15(27-35-3)13-11-37-22(24)25-13/h6-7,11,16,20H,4-5,8-10H2,1-3H3,(H5-,23,24,25,26,30,31,33,34)/p+1/b7-6+,27-15-. The second-order valence-electron chi connectivity index (χ2n) is 8.43. The number of primary amides is 1. The van der Waals surface area contributed by atoms with E-state index in [1.54, 1.807) is 11.5 Å². The van der Waals surface area contributed by atoms with Gasteiger partial charge in [-0.15, -0.1) is 23.1 Å². The highest BCUT2D eigenvalue weighted by atomic mass is 32.2. The predicted octanol–water partition coefficient (Wildman–Crippen LogP) is -0.287. The molecule has 13 nitrogen and oxygen atoms in total. The van der Waals surface area contributed by atoms with Gasteiger partial charge in [0.25, 0.3) is 11.8 Å². The second kappa shape index (κ2) is 11.7. The first-order valence-corrected chi connectivity index (χ1v) is 13.3. The monoisotopic (exact) mass is 552 g/mol. The fourth-order valence-corrected chi connectivity index (χ4v) is 6.16. The van der Waals surface area contributed by atoms with Crippen molar-refractivity contribution >= 4 is 57.6 Å². The minimum absolute atomic E-state index is 0.0689. The number of aromatic nitrogens is 1. The number of carbonyl (C=O) groups is 4. The van der Waals surface area contributed by atoms with Crippen molar-refractivity contribution < 1.29 is 33.6 Å². The van der Waals surface area contributed by atoms with Crippen molar-refractivity contribution in [1.29, 1.82) is 0 Å². The Balaban J connectivity index is 1.82. The van der Waals surface area contributed by atoms with E-state index in [9.17, 15) is 24.3 Å². The lowest BCUT2D eigenvalue weighted by atomic mass is 10.0. The quantitative estimate of drug-likeness (QED) is 0.0887. The van der Waals surface area contributed by atoms with Crippen molar-refractivity contribution in [1.82, 2.24) is 15.2 Å². The molecule has 1 fully saturated rings. The maximum atomic E-state index is 13.1. The highest BCUT2D eigenvalue weighted by molar-refractivity contribution is 8.00. The van der Waals surface area contributed by atoms with Gasteiger partial charge in [-0.25, -0.2) is 9.78 Å². The van der Waals surface area contributed by atoms with Gasteiger partial charge < -0.3 is 31.2 Å². The molecule has 6 N–H and O–H groups in total. The van der Waals surface area contributed by atoms with Crippen LogP contribution in [0, 0.1) is 0 Å². The minimum atomic E-state index is -1.21. The highest BCUT2D eigenvalue weighted by Crippen LogP contribution is 2.41. The lowest BCUT2D eigenvalue weighted by Crippen LogP contribution is -2.71. The Kier molecular flexibility index (Phi) is 8.94. The number of nitrogens with one attached hydrogen (secondary N) is 1. The van der Waals surface area contributed by atoms with Crippen LogP contribution in [0.2, 0.25) is 0 Å². The zero-order valence-corrected chi connectivity index (χ0v) is 22.3. The highest BCUT2D eigenvalue weighted by Gasteiger charge is 2.55. The summed E-state index contributed by atoms with van der Waals surface area (Å²) in [5, 5.41) is 17.6. The number of rotatable bonds is 12. The molecule has 2 atom stereocenters. The largest absolute Gasteiger partial charge is 0.477 e. The lowest BCUT2D eigenvalue weighted by Gasteiger charge is -2.50. The van der Waals surface area contributed by atoms with Gasteiger partial charge in [0.1, 0.15) is 36.5 Å².